The molecule has 36 heavy (non-hydrogen) atoms. The first-order chi connectivity index (χ1) is 17.0. The van der Waals surface area contributed by atoms with Gasteiger partial charge in [-0.25, -0.2) is 13.1 Å². The number of halogens is 1. The van der Waals surface area contributed by atoms with Gasteiger partial charge in [0.05, 0.1) is 28.8 Å². The van der Waals surface area contributed by atoms with E-state index < -0.39 is 46.7 Å². The highest BCUT2D eigenvalue weighted by molar-refractivity contribution is 14.1. The Balaban J connectivity index is 1.35. The number of amides is 2. The molecule has 1 heterocycles. The number of carboxylic acid groups (broad SMARTS) is 1. The Morgan fingerprint density at radius 1 is 1.19 bits per heavy atom. The van der Waals surface area contributed by atoms with E-state index in [0.717, 1.165) is 37.7 Å². The number of carbonyl (C=O) groups is 4. The molecule has 1 aromatic rings. The molecule has 0 saturated heterocycles. The number of sulfonamides is 1. The van der Waals surface area contributed by atoms with Crippen molar-refractivity contribution < 1.29 is 32.7 Å². The van der Waals surface area contributed by atoms with Crippen molar-refractivity contribution in [2.45, 2.75) is 55.0 Å². The number of benzene rings is 1. The number of nitrogens with one attached hydrogen (secondary N) is 2. The number of aliphatic carboxylic acids is 1. The third-order valence-corrected chi connectivity index (χ3v) is 10.2. The summed E-state index contributed by atoms with van der Waals surface area (Å²) in [5, 5.41) is 11.6. The second-order valence-electron chi connectivity index (χ2n) is 10.1. The largest absolute Gasteiger partial charge is 0.481 e. The average Bonchev–Trinajstić information content (AvgIpc) is 3.39. The minimum Gasteiger partial charge on any atom is -0.481 e. The Bertz CT molecular complexity index is 1160. The fourth-order valence-corrected chi connectivity index (χ4v) is 8.34. The molecule has 12 heteroatoms. The molecule has 2 aliphatic carbocycles. The van der Waals surface area contributed by atoms with Crippen LogP contribution in [0.1, 0.15) is 54.4 Å². The summed E-state index contributed by atoms with van der Waals surface area (Å²) in [5.41, 5.74) is 1.15. The second-order valence-corrected chi connectivity index (χ2v) is 13.4. The highest BCUT2D eigenvalue weighted by atomic mass is 127. The number of alkyl halides is 1. The molecule has 1 aromatic carbocycles. The zero-order valence-corrected chi connectivity index (χ0v) is 22.7. The number of hydrogen-bond donors (Lipinski definition) is 3. The van der Waals surface area contributed by atoms with E-state index >= 15 is 0 Å². The third-order valence-electron chi connectivity index (χ3n) is 7.50. The molecule has 2 unspecified atom stereocenters. The van der Waals surface area contributed by atoms with Crippen LogP contribution in [0.2, 0.25) is 0 Å². The Morgan fingerprint density at radius 3 is 2.53 bits per heavy atom. The second kappa shape index (κ2) is 10.7. The van der Waals surface area contributed by atoms with E-state index in [1.807, 2.05) is 12.1 Å². The number of hydrogen-bond acceptors (Lipinski definition) is 6. The van der Waals surface area contributed by atoms with Crippen LogP contribution in [0.15, 0.2) is 24.3 Å². The average molecular weight is 631 g/mol. The van der Waals surface area contributed by atoms with E-state index in [-0.39, 0.29) is 27.7 Å². The highest BCUT2D eigenvalue weighted by Crippen LogP contribution is 2.54. The first-order valence-corrected chi connectivity index (χ1v) is 14.9. The van der Waals surface area contributed by atoms with Gasteiger partial charge in [-0.15, -0.1) is 0 Å². The molecule has 2 saturated carbocycles. The summed E-state index contributed by atoms with van der Waals surface area (Å²) < 4.78 is 27.3. The third kappa shape index (κ3) is 6.25. The van der Waals surface area contributed by atoms with Gasteiger partial charge in [-0.3, -0.25) is 19.2 Å². The summed E-state index contributed by atoms with van der Waals surface area (Å²) in [6.45, 7) is -0.954. The van der Waals surface area contributed by atoms with Crippen LogP contribution in [0.4, 0.5) is 0 Å². The molecule has 3 N–H and O–H groups in total. The van der Waals surface area contributed by atoms with Crippen LogP contribution in [0.3, 0.4) is 0 Å². The molecule has 1 aliphatic heterocycles. The number of carboxylic acids is 1. The smallest absolute Gasteiger partial charge is 0.305 e. The molecule has 196 valence electrons. The van der Waals surface area contributed by atoms with Crippen LogP contribution in [-0.2, 0) is 30.8 Å². The highest BCUT2D eigenvalue weighted by Gasteiger charge is 2.47. The van der Waals surface area contributed by atoms with E-state index in [1.54, 1.807) is 12.1 Å². The van der Waals surface area contributed by atoms with Crippen molar-refractivity contribution >= 4 is 56.2 Å². The van der Waals surface area contributed by atoms with E-state index in [0.29, 0.717) is 17.9 Å². The van der Waals surface area contributed by atoms with Crippen molar-refractivity contribution in [3.05, 3.63) is 35.4 Å². The Kier molecular flexibility index (Phi) is 8.05. The lowest BCUT2D eigenvalue weighted by Crippen LogP contribution is -2.52. The normalized spacial score (nSPS) is 25.9. The molecule has 2 amide bonds. The first-order valence-electron chi connectivity index (χ1n) is 12.0. The van der Waals surface area contributed by atoms with Gasteiger partial charge in [-0.1, -0.05) is 40.8 Å². The van der Waals surface area contributed by atoms with Gasteiger partial charge in [-0.05, 0) is 55.1 Å². The summed E-state index contributed by atoms with van der Waals surface area (Å²) in [7, 11) is -3.74. The van der Waals surface area contributed by atoms with Crippen molar-refractivity contribution in [1.82, 2.24) is 14.9 Å². The maximum absolute atomic E-state index is 12.9. The summed E-state index contributed by atoms with van der Waals surface area (Å²) >= 11 is 2.07. The Labute approximate surface area is 223 Å². The van der Waals surface area contributed by atoms with Crippen LogP contribution in [0.5, 0.6) is 0 Å². The molecular weight excluding hydrogens is 601 g/mol. The van der Waals surface area contributed by atoms with Gasteiger partial charge in [-0.2, -0.15) is 0 Å². The molecule has 3 aliphatic rings. The maximum Gasteiger partial charge on any atom is 0.305 e. The van der Waals surface area contributed by atoms with Crippen LogP contribution < -0.4 is 10.0 Å². The molecule has 10 nitrogen and oxygen atoms in total. The van der Waals surface area contributed by atoms with Crippen molar-refractivity contribution in [3.8, 4) is 0 Å². The number of nitrogens with zero attached hydrogens (tertiary/aromatic N) is 1. The lowest BCUT2D eigenvalue weighted by atomic mass is 9.87. The van der Waals surface area contributed by atoms with Gasteiger partial charge in [0.2, 0.25) is 15.9 Å². The SMILES string of the molecule is O=C(O)CC(NC(=O)CN1C(=O)c2ccccc2CC1I)C(=O)CNS(=O)(=O)CC12CCC(CC1)C2. The standard InChI is InChI=1S/C24H30IN3O7S/c25-20-9-16-3-1-2-4-17(16)23(33)28(20)13-21(30)27-18(10-22(31)32)19(29)12-26-36(34,35)14-24-7-5-15(11-24)6-8-24/h1-4,15,18,20,26H,5-14H2,(H,27,30)(H,31,32). The maximum atomic E-state index is 12.9. The zero-order valence-electron chi connectivity index (χ0n) is 19.7. The summed E-state index contributed by atoms with van der Waals surface area (Å²) in [5.74, 6) is -2.53. The van der Waals surface area contributed by atoms with Crippen molar-refractivity contribution in [1.29, 1.82) is 0 Å². The molecular formula is C24H30IN3O7S. The van der Waals surface area contributed by atoms with Crippen molar-refractivity contribution in [3.63, 3.8) is 0 Å². The van der Waals surface area contributed by atoms with Gasteiger partial charge >= 0.3 is 5.97 Å². The molecule has 0 spiro atoms. The Morgan fingerprint density at radius 2 is 1.89 bits per heavy atom. The lowest BCUT2D eigenvalue weighted by molar-refractivity contribution is -0.140. The van der Waals surface area contributed by atoms with Gasteiger partial charge in [0.25, 0.3) is 5.91 Å². The Hall–Kier alpha value is -2.06. The van der Waals surface area contributed by atoms with Gasteiger partial charge in [0, 0.05) is 12.0 Å². The predicted octanol–water partition coefficient (Wildman–Crippen LogP) is 1.47. The number of Topliss-reactive ketones (excluding diaryl/α,β-unsaturated/α-hetero) is 1. The van der Waals surface area contributed by atoms with Crippen LogP contribution in [0, 0.1) is 11.3 Å². The quantitative estimate of drug-likeness (QED) is 0.190. The number of fused-ring (bicyclic) bond motifs is 3. The van der Waals surface area contributed by atoms with Crippen molar-refractivity contribution in [2.24, 2.45) is 11.3 Å². The fourth-order valence-electron chi connectivity index (χ4n) is 5.74. The first kappa shape index (κ1) is 27.0. The van der Waals surface area contributed by atoms with E-state index in [4.69, 9.17) is 0 Å². The molecule has 0 radical (unpaired) electrons. The minimum absolute atomic E-state index is 0.0463. The molecule has 2 fully saturated rings. The lowest BCUT2D eigenvalue weighted by Gasteiger charge is -2.33. The van der Waals surface area contributed by atoms with E-state index in [1.165, 1.54) is 4.90 Å². The van der Waals surface area contributed by atoms with Gasteiger partial charge in [0.15, 0.2) is 5.78 Å². The van der Waals surface area contributed by atoms with Crippen molar-refractivity contribution in [2.75, 3.05) is 18.8 Å². The molecule has 2 bridgehead atoms. The predicted molar refractivity (Wildman–Crippen MR) is 139 cm³/mol. The molecule has 2 atom stereocenters. The number of ketones is 1. The summed E-state index contributed by atoms with van der Waals surface area (Å²) in [6.07, 6.45) is 4.54. The molecule has 4 rings (SSSR count). The van der Waals surface area contributed by atoms with Crippen LogP contribution in [0.25, 0.3) is 0 Å². The summed E-state index contributed by atoms with van der Waals surface area (Å²) in [6, 6.07) is 5.70. The summed E-state index contributed by atoms with van der Waals surface area (Å²) in [4.78, 5) is 51.1. The monoisotopic (exact) mass is 631 g/mol. The fraction of sp³-hybridized carbons (Fsp3) is 0.583. The van der Waals surface area contributed by atoms with Gasteiger partial charge in [0.1, 0.15) is 6.54 Å². The van der Waals surface area contributed by atoms with Crippen LogP contribution in [-0.4, -0.2) is 70.9 Å². The van der Waals surface area contributed by atoms with E-state index in [9.17, 15) is 32.7 Å². The topological polar surface area (TPSA) is 150 Å². The number of carbonyl (C=O) groups excluding carboxylic acids is 3. The zero-order chi connectivity index (χ0) is 26.1. The minimum atomic E-state index is -3.74. The molecule has 0 aromatic heterocycles. The van der Waals surface area contributed by atoms with Crippen LogP contribution >= 0.6 is 22.6 Å². The van der Waals surface area contributed by atoms with E-state index in [2.05, 4.69) is 32.6 Å². The number of rotatable bonds is 11. The van der Waals surface area contributed by atoms with Gasteiger partial charge < -0.3 is 15.3 Å².